The number of alkyl halides is 3. The molecule has 2 aromatic rings. The summed E-state index contributed by atoms with van der Waals surface area (Å²) in [5, 5.41) is 2.54. The topological polar surface area (TPSA) is 81.4 Å². The van der Waals surface area contributed by atoms with Gasteiger partial charge in [0.05, 0.1) is 17.0 Å². The average molecular weight is 384 g/mol. The fraction of sp³-hybridized carbons (Fsp3) is 0.176. The first-order valence-corrected chi connectivity index (χ1v) is 8.35. The van der Waals surface area contributed by atoms with E-state index in [1.165, 1.54) is 12.1 Å². The highest BCUT2D eigenvalue weighted by molar-refractivity contribution is 8.00. The molecule has 0 saturated carbocycles. The van der Waals surface area contributed by atoms with Crippen molar-refractivity contribution in [1.82, 2.24) is 0 Å². The molecule has 0 bridgehead atoms. The first-order valence-electron chi connectivity index (χ1n) is 7.36. The second-order valence-corrected chi connectivity index (χ2v) is 6.10. The third-order valence-corrected chi connectivity index (χ3v) is 4.18. The van der Waals surface area contributed by atoms with Crippen molar-refractivity contribution in [3.63, 3.8) is 0 Å². The quantitative estimate of drug-likeness (QED) is 0.718. The molecule has 5 nitrogen and oxygen atoms in total. The van der Waals surface area contributed by atoms with Crippen LogP contribution in [0.5, 0.6) is 5.75 Å². The van der Waals surface area contributed by atoms with Gasteiger partial charge in [-0.15, -0.1) is 11.8 Å². The van der Waals surface area contributed by atoms with Crippen LogP contribution in [0.15, 0.2) is 53.4 Å². The number of anilines is 1. The number of carbonyl (C=O) groups is 2. The second-order valence-electron chi connectivity index (χ2n) is 5.08. The maximum absolute atomic E-state index is 12.9. The Labute approximate surface area is 151 Å². The molecule has 0 radical (unpaired) electrons. The first-order chi connectivity index (χ1) is 12.3. The molecule has 0 spiro atoms. The van der Waals surface area contributed by atoms with Crippen molar-refractivity contribution in [1.29, 1.82) is 0 Å². The van der Waals surface area contributed by atoms with Gasteiger partial charge < -0.3 is 15.8 Å². The highest BCUT2D eigenvalue weighted by Gasteiger charge is 2.34. The number of hydrogen-bond acceptors (Lipinski definition) is 4. The number of rotatable bonds is 7. The van der Waals surface area contributed by atoms with Crippen LogP contribution >= 0.6 is 11.8 Å². The van der Waals surface area contributed by atoms with Crippen LogP contribution in [0.25, 0.3) is 0 Å². The van der Waals surface area contributed by atoms with Gasteiger partial charge in [-0.3, -0.25) is 9.59 Å². The zero-order valence-electron chi connectivity index (χ0n) is 13.4. The van der Waals surface area contributed by atoms with Crippen molar-refractivity contribution in [2.45, 2.75) is 11.1 Å². The Hall–Kier alpha value is -2.68. The van der Waals surface area contributed by atoms with Crippen LogP contribution in [0.4, 0.5) is 18.9 Å². The van der Waals surface area contributed by atoms with Gasteiger partial charge in [-0.25, -0.2) is 0 Å². The second kappa shape index (κ2) is 8.61. The van der Waals surface area contributed by atoms with E-state index >= 15 is 0 Å². The SMILES string of the molecule is NC(=O)CSc1ccccc1NC(=O)COc1ccccc1C(F)(F)F. The molecule has 0 fully saturated rings. The molecule has 2 rings (SSSR count). The lowest BCUT2D eigenvalue weighted by molar-refractivity contribution is -0.139. The fourth-order valence-corrected chi connectivity index (χ4v) is 2.75. The van der Waals surface area contributed by atoms with E-state index in [9.17, 15) is 22.8 Å². The molecule has 138 valence electrons. The molecule has 9 heteroatoms. The summed E-state index contributed by atoms with van der Waals surface area (Å²) >= 11 is 1.14. The summed E-state index contributed by atoms with van der Waals surface area (Å²) in [5.41, 5.74) is 4.55. The van der Waals surface area contributed by atoms with Crippen LogP contribution < -0.4 is 15.8 Å². The molecular formula is C17H15F3N2O3S. The summed E-state index contributed by atoms with van der Waals surface area (Å²) in [6.45, 7) is -0.595. The van der Waals surface area contributed by atoms with Gasteiger partial charge in [-0.05, 0) is 24.3 Å². The van der Waals surface area contributed by atoms with E-state index in [0.29, 0.717) is 10.6 Å². The third-order valence-electron chi connectivity index (χ3n) is 3.08. The van der Waals surface area contributed by atoms with Crippen molar-refractivity contribution in [3.8, 4) is 5.75 Å². The number of benzene rings is 2. The Kier molecular flexibility index (Phi) is 6.51. The molecule has 2 amide bonds. The molecule has 2 aromatic carbocycles. The Balaban J connectivity index is 2.02. The molecule has 0 aromatic heterocycles. The number of para-hydroxylation sites is 2. The normalized spacial score (nSPS) is 11.0. The maximum atomic E-state index is 12.9. The van der Waals surface area contributed by atoms with Crippen LogP contribution in [0, 0.1) is 0 Å². The molecule has 0 atom stereocenters. The van der Waals surface area contributed by atoms with Gasteiger partial charge in [0.15, 0.2) is 6.61 Å². The lowest BCUT2D eigenvalue weighted by Gasteiger charge is -2.14. The fourth-order valence-electron chi connectivity index (χ4n) is 2.00. The zero-order chi connectivity index (χ0) is 19.2. The Morgan fingerprint density at radius 1 is 1.08 bits per heavy atom. The lowest BCUT2D eigenvalue weighted by Crippen LogP contribution is -2.21. The van der Waals surface area contributed by atoms with E-state index < -0.39 is 35.9 Å². The van der Waals surface area contributed by atoms with Crippen molar-refractivity contribution in [2.75, 3.05) is 17.7 Å². The molecule has 0 aliphatic heterocycles. The van der Waals surface area contributed by atoms with Crippen LogP contribution in [0.3, 0.4) is 0 Å². The number of hydrogen-bond donors (Lipinski definition) is 2. The number of halogens is 3. The molecule has 3 N–H and O–H groups in total. The number of thioether (sulfide) groups is 1. The summed E-state index contributed by atoms with van der Waals surface area (Å²) < 4.78 is 43.7. The first kappa shape index (κ1) is 19.6. The monoisotopic (exact) mass is 384 g/mol. The van der Waals surface area contributed by atoms with Gasteiger partial charge in [0.1, 0.15) is 5.75 Å². The summed E-state index contributed by atoms with van der Waals surface area (Å²) in [6, 6.07) is 11.3. The van der Waals surface area contributed by atoms with Gasteiger partial charge in [-0.1, -0.05) is 24.3 Å². The summed E-state index contributed by atoms with van der Waals surface area (Å²) in [4.78, 5) is 23.5. The van der Waals surface area contributed by atoms with E-state index in [-0.39, 0.29) is 5.75 Å². The van der Waals surface area contributed by atoms with Crippen molar-refractivity contribution >= 4 is 29.3 Å². The largest absolute Gasteiger partial charge is 0.483 e. The van der Waals surface area contributed by atoms with E-state index in [4.69, 9.17) is 10.5 Å². The minimum atomic E-state index is -4.58. The summed E-state index contributed by atoms with van der Waals surface area (Å²) in [5.74, 6) is -1.54. The van der Waals surface area contributed by atoms with Gasteiger partial charge >= 0.3 is 6.18 Å². The number of carbonyl (C=O) groups excluding carboxylic acids is 2. The Bertz CT molecular complexity index is 797. The highest BCUT2D eigenvalue weighted by Crippen LogP contribution is 2.35. The van der Waals surface area contributed by atoms with Crippen LogP contribution in [0.2, 0.25) is 0 Å². The molecule has 0 heterocycles. The van der Waals surface area contributed by atoms with Gasteiger partial charge in [0.2, 0.25) is 5.91 Å². The van der Waals surface area contributed by atoms with Crippen LogP contribution in [0.1, 0.15) is 5.56 Å². The van der Waals surface area contributed by atoms with Crippen molar-refractivity contribution < 1.29 is 27.5 Å². The van der Waals surface area contributed by atoms with E-state index in [0.717, 1.165) is 23.9 Å². The van der Waals surface area contributed by atoms with Gasteiger partial charge in [-0.2, -0.15) is 13.2 Å². The molecule has 0 aliphatic carbocycles. The van der Waals surface area contributed by atoms with E-state index in [1.807, 2.05) is 0 Å². The minimum absolute atomic E-state index is 0.0301. The van der Waals surface area contributed by atoms with Crippen LogP contribution in [-0.4, -0.2) is 24.2 Å². The Morgan fingerprint density at radius 3 is 2.42 bits per heavy atom. The summed E-state index contributed by atoms with van der Waals surface area (Å²) in [6.07, 6.45) is -4.58. The lowest BCUT2D eigenvalue weighted by atomic mass is 10.2. The highest BCUT2D eigenvalue weighted by atomic mass is 32.2. The van der Waals surface area contributed by atoms with E-state index in [1.54, 1.807) is 24.3 Å². The van der Waals surface area contributed by atoms with Gasteiger partial charge in [0.25, 0.3) is 5.91 Å². The van der Waals surface area contributed by atoms with E-state index in [2.05, 4.69) is 5.32 Å². The molecule has 26 heavy (non-hydrogen) atoms. The minimum Gasteiger partial charge on any atom is -0.483 e. The molecular weight excluding hydrogens is 369 g/mol. The Morgan fingerprint density at radius 2 is 1.73 bits per heavy atom. The zero-order valence-corrected chi connectivity index (χ0v) is 14.2. The summed E-state index contributed by atoms with van der Waals surface area (Å²) in [7, 11) is 0. The predicted molar refractivity (Wildman–Crippen MR) is 91.9 cm³/mol. The molecule has 0 aliphatic rings. The molecule has 0 unspecified atom stereocenters. The van der Waals surface area contributed by atoms with Crippen LogP contribution in [-0.2, 0) is 15.8 Å². The predicted octanol–water partition coefficient (Wildman–Crippen LogP) is 3.30. The number of nitrogens with two attached hydrogens (primary N) is 1. The number of ether oxygens (including phenoxy) is 1. The maximum Gasteiger partial charge on any atom is 0.419 e. The average Bonchev–Trinajstić information content (AvgIpc) is 2.58. The number of nitrogens with one attached hydrogen (secondary N) is 1. The van der Waals surface area contributed by atoms with Crippen molar-refractivity contribution in [2.24, 2.45) is 5.73 Å². The standard InChI is InChI=1S/C17H15F3N2O3S/c18-17(19,20)11-5-1-3-7-13(11)25-9-16(24)22-12-6-2-4-8-14(12)26-10-15(21)23/h1-8H,9-10H2,(H2,21,23)(H,22,24). The number of primary amides is 1. The molecule has 0 saturated heterocycles. The van der Waals surface area contributed by atoms with Crippen molar-refractivity contribution in [3.05, 3.63) is 54.1 Å². The number of amides is 2. The third kappa shape index (κ3) is 5.69. The smallest absolute Gasteiger partial charge is 0.419 e. The van der Waals surface area contributed by atoms with Gasteiger partial charge in [0, 0.05) is 4.90 Å².